The Balaban J connectivity index is 1.77. The van der Waals surface area contributed by atoms with Crippen LogP contribution in [0.1, 0.15) is 66.3 Å². The van der Waals surface area contributed by atoms with Gasteiger partial charge in [-0.25, -0.2) is 9.78 Å². The Hall–Kier alpha value is -2.33. The molecule has 0 fully saturated rings. The first-order valence-corrected chi connectivity index (χ1v) is 10.3. The highest BCUT2D eigenvalue weighted by Crippen LogP contribution is 2.24. The van der Waals surface area contributed by atoms with Crippen LogP contribution in [0.5, 0.6) is 0 Å². The van der Waals surface area contributed by atoms with Crippen LogP contribution in [0.2, 0.25) is 5.02 Å². The highest BCUT2D eigenvalue weighted by molar-refractivity contribution is 6.31. The van der Waals surface area contributed by atoms with Gasteiger partial charge in [0.1, 0.15) is 5.82 Å². The van der Waals surface area contributed by atoms with Crippen molar-refractivity contribution in [3.8, 4) is 0 Å². The van der Waals surface area contributed by atoms with Gasteiger partial charge in [-0.15, -0.1) is 0 Å². The Morgan fingerprint density at radius 3 is 2.61 bits per heavy atom. The molecule has 0 spiro atoms. The molecule has 0 saturated heterocycles. The average molecular weight is 399 g/mol. The molecule has 0 amide bonds. The number of halogens is 1. The highest BCUT2D eigenvalue weighted by Gasteiger charge is 2.13. The van der Waals surface area contributed by atoms with Gasteiger partial charge in [-0.1, -0.05) is 56.3 Å². The number of benzene rings is 2. The predicted molar refractivity (Wildman–Crippen MR) is 114 cm³/mol. The Morgan fingerprint density at radius 2 is 1.89 bits per heavy atom. The smallest absolute Gasteiger partial charge is 0.335 e. The fraction of sp³-hybridized carbons (Fsp3) is 0.391. The molecule has 0 aliphatic heterocycles. The third-order valence-electron chi connectivity index (χ3n) is 5.20. The minimum Gasteiger partial charge on any atom is -0.478 e. The SMILES string of the molecule is CCCCCCCc1ccc(Cn2c(C)nc3ccc(C(=O)O)cc32)c(Cl)c1. The lowest BCUT2D eigenvalue weighted by Gasteiger charge is -2.11. The molecule has 0 unspecified atom stereocenters. The number of nitrogens with zero attached hydrogens (tertiary/aromatic N) is 2. The lowest BCUT2D eigenvalue weighted by molar-refractivity contribution is 0.0697. The predicted octanol–water partition coefficient (Wildman–Crippen LogP) is 6.26. The number of aryl methyl sites for hydroxylation is 2. The lowest BCUT2D eigenvalue weighted by Crippen LogP contribution is -2.04. The molecule has 0 aliphatic rings. The molecule has 1 heterocycles. The molecule has 28 heavy (non-hydrogen) atoms. The minimum absolute atomic E-state index is 0.262. The number of carbonyl (C=O) groups is 1. The van der Waals surface area contributed by atoms with Crippen LogP contribution in [0, 0.1) is 6.92 Å². The maximum absolute atomic E-state index is 11.3. The summed E-state index contributed by atoms with van der Waals surface area (Å²) in [4.78, 5) is 15.9. The summed E-state index contributed by atoms with van der Waals surface area (Å²) >= 11 is 6.57. The molecule has 5 heteroatoms. The second kappa shape index (κ2) is 9.24. The van der Waals surface area contributed by atoms with Crippen molar-refractivity contribution in [1.82, 2.24) is 9.55 Å². The molecule has 1 aromatic heterocycles. The number of aromatic carboxylic acids is 1. The summed E-state index contributed by atoms with van der Waals surface area (Å²) in [6, 6.07) is 11.3. The van der Waals surface area contributed by atoms with E-state index in [1.807, 2.05) is 11.5 Å². The van der Waals surface area contributed by atoms with Gasteiger partial charge >= 0.3 is 5.97 Å². The number of aromatic nitrogens is 2. The number of unbranched alkanes of at least 4 members (excludes halogenated alkanes) is 4. The van der Waals surface area contributed by atoms with Crippen molar-refractivity contribution in [2.75, 3.05) is 0 Å². The van der Waals surface area contributed by atoms with Gasteiger partial charge in [0, 0.05) is 5.02 Å². The minimum atomic E-state index is -0.936. The van der Waals surface area contributed by atoms with E-state index < -0.39 is 5.97 Å². The molecule has 0 radical (unpaired) electrons. The van der Waals surface area contributed by atoms with E-state index in [0.29, 0.717) is 6.54 Å². The van der Waals surface area contributed by atoms with Crippen LogP contribution in [0.4, 0.5) is 0 Å². The summed E-state index contributed by atoms with van der Waals surface area (Å²) in [7, 11) is 0. The quantitative estimate of drug-likeness (QED) is 0.433. The summed E-state index contributed by atoms with van der Waals surface area (Å²) in [6.45, 7) is 4.73. The number of hydrogen-bond acceptors (Lipinski definition) is 2. The van der Waals surface area contributed by atoms with Crippen molar-refractivity contribution in [3.05, 3.63) is 63.9 Å². The first kappa shape index (κ1) is 20.4. The maximum Gasteiger partial charge on any atom is 0.335 e. The van der Waals surface area contributed by atoms with Crippen LogP contribution < -0.4 is 0 Å². The molecule has 0 atom stereocenters. The number of imidazole rings is 1. The van der Waals surface area contributed by atoms with Crippen molar-refractivity contribution >= 4 is 28.6 Å². The van der Waals surface area contributed by atoms with Crippen molar-refractivity contribution < 1.29 is 9.90 Å². The standard InChI is InChI=1S/C23H27ClN2O2/c1-3-4-5-6-7-8-17-9-10-19(20(24)13-17)15-26-16(2)25-21-12-11-18(23(27)28)14-22(21)26/h9-14H,3-8,15H2,1-2H3,(H,27,28). The molecular weight excluding hydrogens is 372 g/mol. The molecule has 3 aromatic rings. The molecule has 2 aromatic carbocycles. The van der Waals surface area contributed by atoms with Crippen LogP contribution in [-0.4, -0.2) is 20.6 Å². The van der Waals surface area contributed by atoms with E-state index in [1.165, 1.54) is 37.7 Å². The second-order valence-electron chi connectivity index (χ2n) is 7.34. The fourth-order valence-corrected chi connectivity index (χ4v) is 3.82. The summed E-state index contributed by atoms with van der Waals surface area (Å²) in [5, 5.41) is 10.0. The Morgan fingerprint density at radius 1 is 1.11 bits per heavy atom. The van der Waals surface area contributed by atoms with E-state index in [9.17, 15) is 9.90 Å². The van der Waals surface area contributed by atoms with Gasteiger partial charge in [-0.2, -0.15) is 0 Å². The Bertz CT molecular complexity index is 978. The van der Waals surface area contributed by atoms with Crippen LogP contribution >= 0.6 is 11.6 Å². The van der Waals surface area contributed by atoms with E-state index in [0.717, 1.165) is 33.9 Å². The first-order valence-electron chi connectivity index (χ1n) is 9.97. The monoisotopic (exact) mass is 398 g/mol. The zero-order chi connectivity index (χ0) is 20.1. The molecule has 148 valence electrons. The van der Waals surface area contributed by atoms with Gasteiger partial charge in [0.15, 0.2) is 0 Å². The van der Waals surface area contributed by atoms with E-state index in [1.54, 1.807) is 18.2 Å². The number of hydrogen-bond donors (Lipinski definition) is 1. The van der Waals surface area contributed by atoms with Gasteiger partial charge in [0.05, 0.1) is 23.1 Å². The van der Waals surface area contributed by atoms with Crippen molar-refractivity contribution in [1.29, 1.82) is 0 Å². The summed E-state index contributed by atoms with van der Waals surface area (Å²) in [5.41, 5.74) is 4.15. The molecule has 0 aliphatic carbocycles. The third-order valence-corrected chi connectivity index (χ3v) is 5.55. The summed E-state index contributed by atoms with van der Waals surface area (Å²) in [5.74, 6) is -0.0952. The van der Waals surface area contributed by atoms with Crippen LogP contribution in [0.3, 0.4) is 0 Å². The van der Waals surface area contributed by atoms with Gasteiger partial charge in [-0.05, 0) is 55.2 Å². The first-order chi connectivity index (χ1) is 13.5. The normalized spacial score (nSPS) is 11.2. The summed E-state index contributed by atoms with van der Waals surface area (Å²) < 4.78 is 2.02. The van der Waals surface area contributed by atoms with Crippen LogP contribution in [0.25, 0.3) is 11.0 Å². The third kappa shape index (κ3) is 4.74. The molecule has 0 saturated carbocycles. The van der Waals surface area contributed by atoms with Crippen molar-refractivity contribution in [2.45, 2.75) is 58.9 Å². The number of rotatable bonds is 9. The van der Waals surface area contributed by atoms with E-state index >= 15 is 0 Å². The van der Waals surface area contributed by atoms with Crippen LogP contribution in [0.15, 0.2) is 36.4 Å². The Kier molecular flexibility index (Phi) is 6.74. The second-order valence-corrected chi connectivity index (χ2v) is 7.75. The zero-order valence-corrected chi connectivity index (χ0v) is 17.3. The van der Waals surface area contributed by atoms with Gasteiger partial charge in [-0.3, -0.25) is 0 Å². The largest absolute Gasteiger partial charge is 0.478 e. The molecular formula is C23H27ClN2O2. The van der Waals surface area contributed by atoms with Crippen molar-refractivity contribution in [3.63, 3.8) is 0 Å². The molecule has 3 rings (SSSR count). The van der Waals surface area contributed by atoms with E-state index in [2.05, 4.69) is 30.1 Å². The topological polar surface area (TPSA) is 55.1 Å². The average Bonchev–Trinajstić information content (AvgIpc) is 2.98. The van der Waals surface area contributed by atoms with Gasteiger partial charge in [0.2, 0.25) is 0 Å². The van der Waals surface area contributed by atoms with Crippen molar-refractivity contribution in [2.24, 2.45) is 0 Å². The van der Waals surface area contributed by atoms with E-state index in [-0.39, 0.29) is 5.56 Å². The number of carboxylic acids is 1. The van der Waals surface area contributed by atoms with Crippen LogP contribution in [-0.2, 0) is 13.0 Å². The molecule has 1 N–H and O–H groups in total. The molecule has 4 nitrogen and oxygen atoms in total. The highest BCUT2D eigenvalue weighted by atomic mass is 35.5. The molecule has 0 bridgehead atoms. The van der Waals surface area contributed by atoms with Gasteiger partial charge in [0.25, 0.3) is 0 Å². The zero-order valence-electron chi connectivity index (χ0n) is 16.5. The number of carboxylic acid groups (broad SMARTS) is 1. The number of fused-ring (bicyclic) bond motifs is 1. The fourth-order valence-electron chi connectivity index (χ4n) is 3.55. The van der Waals surface area contributed by atoms with Gasteiger partial charge < -0.3 is 9.67 Å². The maximum atomic E-state index is 11.3. The Labute approximate surface area is 171 Å². The summed E-state index contributed by atoms with van der Waals surface area (Å²) in [6.07, 6.45) is 7.38. The lowest BCUT2D eigenvalue weighted by atomic mass is 10.0. The van der Waals surface area contributed by atoms with E-state index in [4.69, 9.17) is 11.6 Å².